The molecule has 4 nitrogen and oxygen atoms in total. The summed E-state index contributed by atoms with van der Waals surface area (Å²) in [7, 11) is 1.17. The normalized spacial score (nSPS) is 10.0. The van der Waals surface area contributed by atoms with E-state index in [1.165, 1.54) is 12.7 Å². The number of carbonyl (C=O) groups excluding carboxylic acids is 2. The smallest absolute Gasteiger partial charge is 0.396 e. The van der Waals surface area contributed by atoms with Gasteiger partial charge in [-0.25, -0.2) is 4.79 Å². The van der Waals surface area contributed by atoms with Crippen LogP contribution in [0.25, 0.3) is 0 Å². The van der Waals surface area contributed by atoms with Crippen molar-refractivity contribution in [2.75, 3.05) is 12.4 Å². The van der Waals surface area contributed by atoms with Crippen LogP contribution in [0, 0.1) is 0 Å². The van der Waals surface area contributed by atoms with Gasteiger partial charge in [-0.05, 0) is 23.6 Å². The van der Waals surface area contributed by atoms with Gasteiger partial charge < -0.3 is 10.1 Å². The van der Waals surface area contributed by atoms with Crippen LogP contribution in [-0.4, -0.2) is 19.0 Å². The monoisotopic (exact) mass is 221 g/mol. The van der Waals surface area contributed by atoms with E-state index >= 15 is 0 Å². The Kier molecular flexibility index (Phi) is 4.05. The zero-order chi connectivity index (χ0) is 12.1. The van der Waals surface area contributed by atoms with E-state index in [-0.39, 0.29) is 0 Å². The first kappa shape index (κ1) is 12.2. The molecule has 4 heteroatoms. The van der Waals surface area contributed by atoms with E-state index in [4.69, 9.17) is 0 Å². The van der Waals surface area contributed by atoms with Crippen molar-refractivity contribution >= 4 is 17.6 Å². The zero-order valence-electron chi connectivity index (χ0n) is 9.61. The molecule has 0 aliphatic carbocycles. The summed E-state index contributed by atoms with van der Waals surface area (Å²) in [5.74, 6) is -1.22. The molecule has 0 atom stereocenters. The molecule has 0 aliphatic rings. The summed E-state index contributed by atoms with van der Waals surface area (Å²) in [5, 5.41) is 2.45. The molecule has 1 N–H and O–H groups in total. The average Bonchev–Trinajstić information content (AvgIpc) is 2.28. The fraction of sp³-hybridized carbons (Fsp3) is 0.333. The second kappa shape index (κ2) is 5.30. The Morgan fingerprint density at radius 3 is 2.19 bits per heavy atom. The Bertz CT molecular complexity index is 382. The molecule has 0 aromatic heterocycles. The Morgan fingerprint density at radius 1 is 1.19 bits per heavy atom. The first-order valence-electron chi connectivity index (χ1n) is 5.04. The van der Waals surface area contributed by atoms with Gasteiger partial charge in [0.2, 0.25) is 0 Å². The SMILES string of the molecule is COC(=O)C(=O)Nc1ccc(C(C)C)cc1. The van der Waals surface area contributed by atoms with E-state index in [2.05, 4.69) is 23.9 Å². The molecule has 1 rings (SSSR count). The molecule has 1 aromatic rings. The second-order valence-electron chi connectivity index (χ2n) is 3.72. The van der Waals surface area contributed by atoms with E-state index in [9.17, 15) is 9.59 Å². The lowest BCUT2D eigenvalue weighted by Crippen LogP contribution is -2.23. The summed E-state index contributed by atoms with van der Waals surface area (Å²) in [4.78, 5) is 22.0. The first-order chi connectivity index (χ1) is 7.54. The lowest BCUT2D eigenvalue weighted by Gasteiger charge is -2.07. The number of amides is 1. The molecule has 0 unspecified atom stereocenters. The van der Waals surface area contributed by atoms with Crippen molar-refractivity contribution in [3.8, 4) is 0 Å². The second-order valence-corrected chi connectivity index (χ2v) is 3.72. The Morgan fingerprint density at radius 2 is 1.75 bits per heavy atom. The maximum Gasteiger partial charge on any atom is 0.396 e. The molecule has 0 heterocycles. The molecule has 0 aliphatic heterocycles. The third-order valence-electron chi connectivity index (χ3n) is 2.21. The standard InChI is InChI=1S/C12H15NO3/c1-8(2)9-4-6-10(7-5-9)13-11(14)12(15)16-3/h4-8H,1-3H3,(H,13,14). The fourth-order valence-corrected chi connectivity index (χ4v) is 1.23. The van der Waals surface area contributed by atoms with Crippen LogP contribution in [0.1, 0.15) is 25.3 Å². The summed E-state index contributed by atoms with van der Waals surface area (Å²) < 4.78 is 4.30. The van der Waals surface area contributed by atoms with Gasteiger partial charge in [0.15, 0.2) is 0 Å². The highest BCUT2D eigenvalue weighted by atomic mass is 16.5. The number of rotatable bonds is 2. The van der Waals surface area contributed by atoms with Gasteiger partial charge in [0.05, 0.1) is 7.11 Å². The molecule has 0 saturated heterocycles. The highest BCUT2D eigenvalue weighted by molar-refractivity contribution is 6.37. The van der Waals surface area contributed by atoms with Crippen LogP contribution in [0.15, 0.2) is 24.3 Å². The summed E-state index contributed by atoms with van der Waals surface area (Å²) in [5.41, 5.74) is 1.76. The Hall–Kier alpha value is -1.84. The molecule has 1 aromatic carbocycles. The van der Waals surface area contributed by atoms with Gasteiger partial charge in [0, 0.05) is 5.69 Å². The van der Waals surface area contributed by atoms with Crippen LogP contribution >= 0.6 is 0 Å². The first-order valence-corrected chi connectivity index (χ1v) is 5.04. The van der Waals surface area contributed by atoms with E-state index < -0.39 is 11.9 Å². The molecule has 16 heavy (non-hydrogen) atoms. The van der Waals surface area contributed by atoms with E-state index in [0.29, 0.717) is 11.6 Å². The number of ether oxygens (including phenoxy) is 1. The van der Waals surface area contributed by atoms with Crippen LogP contribution in [-0.2, 0) is 14.3 Å². The minimum absolute atomic E-state index is 0.436. The van der Waals surface area contributed by atoms with E-state index in [1.807, 2.05) is 12.1 Å². The lowest BCUT2D eigenvalue weighted by atomic mass is 10.0. The third-order valence-corrected chi connectivity index (χ3v) is 2.21. The number of hydrogen-bond donors (Lipinski definition) is 1. The topological polar surface area (TPSA) is 55.4 Å². The molecule has 0 bridgehead atoms. The number of methoxy groups -OCH3 is 1. The number of esters is 1. The zero-order valence-corrected chi connectivity index (χ0v) is 9.61. The van der Waals surface area contributed by atoms with E-state index in [1.54, 1.807) is 12.1 Å². The maximum absolute atomic E-state index is 11.2. The minimum Gasteiger partial charge on any atom is -0.462 e. The number of anilines is 1. The predicted octanol–water partition coefficient (Wildman–Crippen LogP) is 1.92. The summed E-state index contributed by atoms with van der Waals surface area (Å²) in [6.45, 7) is 4.17. The number of carbonyl (C=O) groups is 2. The molecular formula is C12H15NO3. The van der Waals surface area contributed by atoms with Gasteiger partial charge in [-0.1, -0.05) is 26.0 Å². The third kappa shape index (κ3) is 3.08. The minimum atomic E-state index is -0.895. The lowest BCUT2D eigenvalue weighted by molar-refractivity contribution is -0.150. The highest BCUT2D eigenvalue weighted by Crippen LogP contribution is 2.16. The average molecular weight is 221 g/mol. The van der Waals surface area contributed by atoms with Crippen molar-refractivity contribution in [2.24, 2.45) is 0 Å². The molecule has 0 saturated carbocycles. The van der Waals surface area contributed by atoms with Gasteiger partial charge in [-0.2, -0.15) is 0 Å². The van der Waals surface area contributed by atoms with Crippen LogP contribution in [0.5, 0.6) is 0 Å². The van der Waals surface area contributed by atoms with Gasteiger partial charge in [-0.15, -0.1) is 0 Å². The molecule has 86 valence electrons. The quantitative estimate of drug-likeness (QED) is 0.613. The van der Waals surface area contributed by atoms with Crippen LogP contribution in [0.3, 0.4) is 0 Å². The van der Waals surface area contributed by atoms with Gasteiger partial charge in [0.1, 0.15) is 0 Å². The van der Waals surface area contributed by atoms with Crippen LogP contribution in [0.4, 0.5) is 5.69 Å². The van der Waals surface area contributed by atoms with Crippen molar-refractivity contribution in [1.82, 2.24) is 0 Å². The van der Waals surface area contributed by atoms with Crippen LogP contribution in [0.2, 0.25) is 0 Å². The van der Waals surface area contributed by atoms with Crippen molar-refractivity contribution in [3.63, 3.8) is 0 Å². The number of hydrogen-bond acceptors (Lipinski definition) is 3. The molecular weight excluding hydrogens is 206 g/mol. The van der Waals surface area contributed by atoms with Crippen molar-refractivity contribution < 1.29 is 14.3 Å². The molecule has 0 spiro atoms. The highest BCUT2D eigenvalue weighted by Gasteiger charge is 2.13. The molecule has 0 radical (unpaired) electrons. The van der Waals surface area contributed by atoms with E-state index in [0.717, 1.165) is 0 Å². The Labute approximate surface area is 94.6 Å². The predicted molar refractivity (Wildman–Crippen MR) is 61.2 cm³/mol. The summed E-state index contributed by atoms with van der Waals surface area (Å²) in [6.07, 6.45) is 0. The Balaban J connectivity index is 2.69. The van der Waals surface area contributed by atoms with Gasteiger partial charge >= 0.3 is 11.9 Å². The number of nitrogens with one attached hydrogen (secondary N) is 1. The van der Waals surface area contributed by atoms with Gasteiger partial charge in [0.25, 0.3) is 0 Å². The van der Waals surface area contributed by atoms with Crippen LogP contribution < -0.4 is 5.32 Å². The summed E-state index contributed by atoms with van der Waals surface area (Å²) in [6, 6.07) is 7.35. The maximum atomic E-state index is 11.2. The van der Waals surface area contributed by atoms with Gasteiger partial charge in [-0.3, -0.25) is 4.79 Å². The fourth-order valence-electron chi connectivity index (χ4n) is 1.23. The molecule has 1 amide bonds. The van der Waals surface area contributed by atoms with Crippen molar-refractivity contribution in [1.29, 1.82) is 0 Å². The summed E-state index contributed by atoms with van der Waals surface area (Å²) >= 11 is 0. The van der Waals surface area contributed by atoms with Crippen molar-refractivity contribution in [2.45, 2.75) is 19.8 Å². The largest absolute Gasteiger partial charge is 0.462 e. The van der Waals surface area contributed by atoms with Crippen molar-refractivity contribution in [3.05, 3.63) is 29.8 Å². The number of benzene rings is 1. The molecule has 0 fully saturated rings.